The third-order valence-electron chi connectivity index (χ3n) is 5.17. The van der Waals surface area contributed by atoms with Crippen LogP contribution in [0.5, 0.6) is 5.75 Å². The van der Waals surface area contributed by atoms with Gasteiger partial charge in [-0.05, 0) is 55.0 Å². The van der Waals surface area contributed by atoms with E-state index in [9.17, 15) is 19.1 Å². The summed E-state index contributed by atoms with van der Waals surface area (Å²) in [6.07, 6.45) is 0. The summed E-state index contributed by atoms with van der Waals surface area (Å²) in [6, 6.07) is 17.9. The number of carbonyl (C=O) groups is 2. The van der Waals surface area contributed by atoms with Crippen molar-refractivity contribution in [2.24, 2.45) is 0 Å². The predicted octanol–water partition coefficient (Wildman–Crippen LogP) is 5.50. The van der Waals surface area contributed by atoms with Crippen LogP contribution < -0.4 is 9.64 Å². The maximum absolute atomic E-state index is 13.5. The Morgan fingerprint density at radius 1 is 1.06 bits per heavy atom. The molecule has 1 amide bonds. The van der Waals surface area contributed by atoms with Crippen molar-refractivity contribution in [3.05, 3.63) is 100 Å². The maximum atomic E-state index is 13.5. The number of anilines is 1. The molecule has 7 heteroatoms. The van der Waals surface area contributed by atoms with E-state index in [0.717, 1.165) is 0 Å². The second-order valence-electron chi connectivity index (χ2n) is 7.13. The molecule has 0 aliphatic carbocycles. The molecule has 0 spiro atoms. The fraction of sp³-hybridized carbons (Fsp3) is 0.120. The van der Waals surface area contributed by atoms with Gasteiger partial charge in [0.1, 0.15) is 17.3 Å². The molecule has 1 aliphatic rings. The Hall–Kier alpha value is -3.64. The average Bonchev–Trinajstić information content (AvgIpc) is 3.06. The van der Waals surface area contributed by atoms with E-state index in [2.05, 4.69) is 0 Å². The number of nitrogens with zero attached hydrogens (tertiary/aromatic N) is 1. The molecular weight excluding hydrogens is 433 g/mol. The van der Waals surface area contributed by atoms with E-state index in [-0.39, 0.29) is 16.2 Å². The number of benzene rings is 3. The minimum absolute atomic E-state index is 0.110. The van der Waals surface area contributed by atoms with Crippen LogP contribution in [0.4, 0.5) is 10.1 Å². The highest BCUT2D eigenvalue weighted by Gasteiger charge is 2.47. The lowest BCUT2D eigenvalue weighted by Gasteiger charge is -2.25. The van der Waals surface area contributed by atoms with Crippen molar-refractivity contribution in [2.45, 2.75) is 13.0 Å². The molecule has 1 atom stereocenters. The summed E-state index contributed by atoms with van der Waals surface area (Å²) in [4.78, 5) is 27.4. The standard InChI is InChI=1S/C25H19ClFNO4/c1-2-32-18-12-13-20(26)19(14-18)23(29)21-22(15-6-4-3-5-7-15)28(25(31)24(21)30)17-10-8-16(27)9-11-17/h3-14,22,29H,2H2,1H3/b23-21+. The zero-order chi connectivity index (χ0) is 22.8. The number of aliphatic hydroxyl groups is 1. The summed E-state index contributed by atoms with van der Waals surface area (Å²) in [5, 5.41) is 11.4. The van der Waals surface area contributed by atoms with Crippen LogP contribution in [0.1, 0.15) is 24.1 Å². The molecule has 1 unspecified atom stereocenters. The minimum atomic E-state index is -0.923. The van der Waals surface area contributed by atoms with Gasteiger partial charge in [0.2, 0.25) is 0 Å². The van der Waals surface area contributed by atoms with Gasteiger partial charge in [0.15, 0.2) is 0 Å². The Kier molecular flexibility index (Phi) is 5.97. The Morgan fingerprint density at radius 3 is 2.41 bits per heavy atom. The van der Waals surface area contributed by atoms with Crippen LogP contribution in [0, 0.1) is 5.82 Å². The Balaban J connectivity index is 1.94. The molecule has 3 aromatic carbocycles. The van der Waals surface area contributed by atoms with E-state index in [4.69, 9.17) is 16.3 Å². The van der Waals surface area contributed by atoms with Gasteiger partial charge in [-0.3, -0.25) is 14.5 Å². The Labute approximate surface area is 189 Å². The van der Waals surface area contributed by atoms with Crippen molar-refractivity contribution < 1.29 is 23.8 Å². The lowest BCUT2D eigenvalue weighted by molar-refractivity contribution is -0.132. The first-order valence-electron chi connectivity index (χ1n) is 9.96. The highest BCUT2D eigenvalue weighted by atomic mass is 35.5. The third-order valence-corrected chi connectivity index (χ3v) is 5.50. The molecular formula is C25H19ClFNO4. The second kappa shape index (κ2) is 8.85. The molecule has 32 heavy (non-hydrogen) atoms. The van der Waals surface area contributed by atoms with Crippen molar-refractivity contribution >= 4 is 34.7 Å². The molecule has 4 rings (SSSR count). The predicted molar refractivity (Wildman–Crippen MR) is 120 cm³/mol. The summed E-state index contributed by atoms with van der Waals surface area (Å²) in [6.45, 7) is 2.22. The van der Waals surface area contributed by atoms with Crippen LogP contribution in [0.15, 0.2) is 78.4 Å². The number of carbonyl (C=O) groups excluding carboxylic acids is 2. The van der Waals surface area contributed by atoms with Crippen LogP contribution in [-0.2, 0) is 9.59 Å². The van der Waals surface area contributed by atoms with Gasteiger partial charge in [-0.25, -0.2) is 4.39 Å². The van der Waals surface area contributed by atoms with Crippen LogP contribution in [0.2, 0.25) is 5.02 Å². The third kappa shape index (κ3) is 3.85. The van der Waals surface area contributed by atoms with Gasteiger partial charge in [0.25, 0.3) is 11.7 Å². The normalized spacial score (nSPS) is 17.6. The van der Waals surface area contributed by atoms with Gasteiger partial charge in [-0.2, -0.15) is 0 Å². The molecule has 0 saturated carbocycles. The number of ether oxygens (including phenoxy) is 1. The van der Waals surface area contributed by atoms with E-state index in [0.29, 0.717) is 23.6 Å². The fourth-order valence-electron chi connectivity index (χ4n) is 3.74. The van der Waals surface area contributed by atoms with Gasteiger partial charge in [0.05, 0.1) is 23.2 Å². The zero-order valence-electron chi connectivity index (χ0n) is 17.1. The summed E-state index contributed by atoms with van der Waals surface area (Å²) in [5.74, 6) is -2.11. The first-order valence-corrected chi connectivity index (χ1v) is 10.3. The van der Waals surface area contributed by atoms with Crippen molar-refractivity contribution in [3.63, 3.8) is 0 Å². The first kappa shape index (κ1) is 21.6. The molecule has 1 saturated heterocycles. The molecule has 1 heterocycles. The number of Topliss-reactive ketones (excluding diaryl/α,β-unsaturated/α-hetero) is 1. The first-order chi connectivity index (χ1) is 15.4. The highest BCUT2D eigenvalue weighted by Crippen LogP contribution is 2.43. The van der Waals surface area contributed by atoms with E-state index >= 15 is 0 Å². The number of rotatable bonds is 5. The van der Waals surface area contributed by atoms with Crippen LogP contribution in [0.3, 0.4) is 0 Å². The fourth-order valence-corrected chi connectivity index (χ4v) is 3.95. The van der Waals surface area contributed by atoms with Gasteiger partial charge in [-0.15, -0.1) is 0 Å². The summed E-state index contributed by atoms with van der Waals surface area (Å²) < 4.78 is 19.0. The smallest absolute Gasteiger partial charge is 0.300 e. The molecule has 1 N–H and O–H groups in total. The SMILES string of the molecule is CCOc1ccc(Cl)c(/C(O)=C2\C(=O)C(=O)N(c3ccc(F)cc3)C2c2ccccc2)c1. The van der Waals surface area contributed by atoms with E-state index in [1.54, 1.807) is 42.5 Å². The summed E-state index contributed by atoms with van der Waals surface area (Å²) >= 11 is 6.32. The number of ketones is 1. The Morgan fingerprint density at radius 2 is 1.75 bits per heavy atom. The molecule has 0 bridgehead atoms. The lowest BCUT2D eigenvalue weighted by atomic mass is 9.95. The molecule has 0 radical (unpaired) electrons. The van der Waals surface area contributed by atoms with E-state index in [1.165, 1.54) is 35.2 Å². The molecule has 1 fully saturated rings. The van der Waals surface area contributed by atoms with Crippen LogP contribution in [0.25, 0.3) is 5.76 Å². The number of hydrogen-bond acceptors (Lipinski definition) is 4. The number of aliphatic hydroxyl groups excluding tert-OH is 1. The monoisotopic (exact) mass is 451 g/mol. The lowest BCUT2D eigenvalue weighted by Crippen LogP contribution is -2.29. The van der Waals surface area contributed by atoms with Crippen molar-refractivity contribution in [1.82, 2.24) is 0 Å². The Bertz CT molecular complexity index is 1210. The zero-order valence-corrected chi connectivity index (χ0v) is 17.8. The van der Waals surface area contributed by atoms with Crippen molar-refractivity contribution in [2.75, 3.05) is 11.5 Å². The minimum Gasteiger partial charge on any atom is -0.507 e. The largest absolute Gasteiger partial charge is 0.507 e. The number of halogens is 2. The average molecular weight is 452 g/mol. The molecule has 3 aromatic rings. The van der Waals surface area contributed by atoms with Gasteiger partial charge in [-0.1, -0.05) is 41.9 Å². The molecule has 1 aliphatic heterocycles. The van der Waals surface area contributed by atoms with Crippen molar-refractivity contribution in [3.8, 4) is 5.75 Å². The van der Waals surface area contributed by atoms with Crippen LogP contribution in [-0.4, -0.2) is 23.4 Å². The maximum Gasteiger partial charge on any atom is 0.300 e. The van der Waals surface area contributed by atoms with E-state index < -0.39 is 29.3 Å². The van der Waals surface area contributed by atoms with E-state index in [1.807, 2.05) is 6.92 Å². The molecule has 0 aromatic heterocycles. The molecule has 162 valence electrons. The number of hydrogen-bond donors (Lipinski definition) is 1. The van der Waals surface area contributed by atoms with Gasteiger partial charge >= 0.3 is 0 Å². The van der Waals surface area contributed by atoms with Crippen LogP contribution >= 0.6 is 11.6 Å². The van der Waals surface area contributed by atoms with Gasteiger partial charge in [0, 0.05) is 11.3 Å². The second-order valence-corrected chi connectivity index (χ2v) is 7.54. The quantitative estimate of drug-likeness (QED) is 0.316. The van der Waals surface area contributed by atoms with Crippen molar-refractivity contribution in [1.29, 1.82) is 0 Å². The van der Waals surface area contributed by atoms with Gasteiger partial charge < -0.3 is 9.84 Å². The summed E-state index contributed by atoms with van der Waals surface area (Å²) in [7, 11) is 0. The topological polar surface area (TPSA) is 66.8 Å². The molecule has 5 nitrogen and oxygen atoms in total. The number of amides is 1. The highest BCUT2D eigenvalue weighted by molar-refractivity contribution is 6.52. The summed E-state index contributed by atoms with van der Waals surface area (Å²) in [5.41, 5.74) is 1.00.